The van der Waals surface area contributed by atoms with E-state index in [1.807, 2.05) is 62.2 Å². The van der Waals surface area contributed by atoms with Crippen LogP contribution in [-0.4, -0.2) is 120 Å². The second-order valence-corrected chi connectivity index (χ2v) is 17.6. The maximum atomic E-state index is 15.2. The highest BCUT2D eigenvalue weighted by Gasteiger charge is 2.79. The number of hydrogen-bond acceptors (Lipinski definition) is 11. The fourth-order valence-corrected chi connectivity index (χ4v) is 13.2. The second-order valence-electron chi connectivity index (χ2n) is 17.6. The summed E-state index contributed by atoms with van der Waals surface area (Å²) in [4.78, 5) is 52.4. The number of esters is 1. The Morgan fingerprint density at radius 1 is 1.05 bits per heavy atom. The van der Waals surface area contributed by atoms with Crippen molar-refractivity contribution in [1.29, 1.82) is 0 Å². The van der Waals surface area contributed by atoms with Crippen LogP contribution in [0.15, 0.2) is 53.7 Å². The summed E-state index contributed by atoms with van der Waals surface area (Å²) in [6.07, 6.45) is 7.10. The third-order valence-corrected chi connectivity index (χ3v) is 15.3. The fourth-order valence-electron chi connectivity index (χ4n) is 13.2. The van der Waals surface area contributed by atoms with Gasteiger partial charge in [-0.25, -0.2) is 0 Å². The smallest absolute Gasteiger partial charge is 0.322 e. The molecule has 1 aliphatic carbocycles. The number of aromatic nitrogens is 1. The lowest BCUT2D eigenvalue weighted by atomic mass is 9.47. The van der Waals surface area contributed by atoms with Crippen molar-refractivity contribution >= 4 is 28.5 Å². The van der Waals surface area contributed by atoms with Crippen LogP contribution >= 0.6 is 0 Å². The van der Waals surface area contributed by atoms with Crippen LogP contribution in [0.4, 0.5) is 5.69 Å². The number of benzene rings is 2. The number of anilines is 1. The lowest BCUT2D eigenvalue weighted by Crippen LogP contribution is -2.81. The van der Waals surface area contributed by atoms with Gasteiger partial charge >= 0.3 is 5.97 Å². The number of carbonyl (C=O) groups is 2. The number of carbonyl (C=O) groups excluding carboxylic acids is 2. The molecule has 2 bridgehead atoms. The number of amides is 1. The molecule has 1 spiro atoms. The highest BCUT2D eigenvalue weighted by Crippen LogP contribution is 2.68. The van der Waals surface area contributed by atoms with Crippen molar-refractivity contribution in [2.45, 2.75) is 92.5 Å². The zero-order valence-corrected chi connectivity index (χ0v) is 33.0. The van der Waals surface area contributed by atoms with Crippen molar-refractivity contribution in [2.24, 2.45) is 22.2 Å². The molecule has 1 saturated carbocycles. The summed E-state index contributed by atoms with van der Waals surface area (Å²) in [5.74, 6) is -1.07. The molecule has 5 aliphatic heterocycles. The van der Waals surface area contributed by atoms with Crippen LogP contribution in [0.3, 0.4) is 0 Å². The number of piperidine rings is 1. The van der Waals surface area contributed by atoms with Gasteiger partial charge in [0, 0.05) is 84.0 Å². The van der Waals surface area contributed by atoms with Crippen molar-refractivity contribution in [3.63, 3.8) is 0 Å². The second kappa shape index (κ2) is 12.6. The first-order valence-electron chi connectivity index (χ1n) is 20.2. The predicted octanol–water partition coefficient (Wildman–Crippen LogP) is 3.51. The largest absolute Gasteiger partial charge is 0.496 e. The number of methoxy groups -OCH3 is 2. The van der Waals surface area contributed by atoms with Gasteiger partial charge in [-0.3, -0.25) is 19.4 Å². The number of para-hydroxylation sites is 1. The number of ether oxygens (including phenoxy) is 2. The number of nitrogens with one attached hydrogen (secondary N) is 1. The fraction of sp³-hybridized carbons (Fsp3) is 0.581. The van der Waals surface area contributed by atoms with E-state index >= 15 is 4.79 Å². The zero-order valence-electron chi connectivity index (χ0n) is 33.0. The number of aromatic amines is 1. The van der Waals surface area contributed by atoms with Crippen molar-refractivity contribution in [1.82, 2.24) is 14.8 Å². The number of likely N-dealkylation sites (N-methyl/N-ethyl adjacent to an activating group) is 1. The molecule has 2 saturated heterocycles. The Labute approximate surface area is 327 Å². The highest BCUT2D eigenvalue weighted by atomic mass is 16.5. The first-order valence-corrected chi connectivity index (χ1v) is 20.2. The SMILES string of the molecule is CC[C@]1(O)C[C@@H]2CN(CCc3c([nH]c4ccccc34)[C@@](C(=O)OC)(c3cc4c(cc3OC)N(C)C3[C@]45CCN4CC=C[C@](CC)(C45)[C@@H](N=O)[C@]3(O)C(N)=O)C2)C1. The van der Waals surface area contributed by atoms with Gasteiger partial charge in [-0.1, -0.05) is 49.4 Å². The third-order valence-electron chi connectivity index (χ3n) is 15.3. The molecule has 10 atom stereocenters. The Balaban J connectivity index is 1.37. The van der Waals surface area contributed by atoms with E-state index in [-0.39, 0.29) is 12.0 Å². The van der Waals surface area contributed by atoms with Crippen LogP contribution in [0.1, 0.15) is 68.3 Å². The highest BCUT2D eigenvalue weighted by molar-refractivity contribution is 5.95. The summed E-state index contributed by atoms with van der Waals surface area (Å²) in [5.41, 5.74) is 4.53. The number of nitrogens with zero attached hydrogens (tertiary/aromatic N) is 4. The summed E-state index contributed by atoms with van der Waals surface area (Å²) >= 11 is 0. The van der Waals surface area contributed by atoms with Crippen molar-refractivity contribution in [3.05, 3.63) is 75.8 Å². The van der Waals surface area contributed by atoms with Gasteiger partial charge in [-0.15, -0.1) is 0 Å². The molecule has 6 heterocycles. The molecule has 9 rings (SSSR count). The maximum absolute atomic E-state index is 15.2. The summed E-state index contributed by atoms with van der Waals surface area (Å²) in [6.45, 7) is 7.28. The van der Waals surface area contributed by atoms with Crippen molar-refractivity contribution in [2.75, 3.05) is 58.9 Å². The molecule has 1 amide bonds. The van der Waals surface area contributed by atoms with Crippen LogP contribution in [0.5, 0.6) is 5.75 Å². The van der Waals surface area contributed by atoms with Crippen LogP contribution in [-0.2, 0) is 31.6 Å². The first-order chi connectivity index (χ1) is 26.8. The summed E-state index contributed by atoms with van der Waals surface area (Å²) in [7, 11) is 4.85. The number of rotatable bonds is 7. The minimum atomic E-state index is -2.33. The van der Waals surface area contributed by atoms with Gasteiger partial charge in [0.25, 0.3) is 5.91 Å². The number of H-pyrrole nitrogens is 1. The maximum Gasteiger partial charge on any atom is 0.322 e. The Morgan fingerprint density at radius 3 is 2.54 bits per heavy atom. The molecule has 3 fully saturated rings. The monoisotopic (exact) mass is 766 g/mol. The van der Waals surface area contributed by atoms with Crippen LogP contribution in [0.25, 0.3) is 10.9 Å². The number of hydrogen-bond donors (Lipinski definition) is 4. The Morgan fingerprint density at radius 2 is 1.84 bits per heavy atom. The minimum Gasteiger partial charge on any atom is -0.496 e. The lowest BCUT2D eigenvalue weighted by molar-refractivity contribution is -0.162. The molecule has 13 nitrogen and oxygen atoms in total. The van der Waals surface area contributed by atoms with E-state index in [0.717, 1.165) is 33.4 Å². The number of nitrogens with two attached hydrogens (primary N) is 1. The van der Waals surface area contributed by atoms with Gasteiger partial charge in [-0.05, 0) is 74.2 Å². The van der Waals surface area contributed by atoms with Gasteiger partial charge < -0.3 is 35.3 Å². The first kappa shape index (κ1) is 37.3. The molecule has 13 heteroatoms. The molecule has 2 aromatic carbocycles. The van der Waals surface area contributed by atoms with Gasteiger partial charge in [0.05, 0.1) is 25.9 Å². The molecule has 56 heavy (non-hydrogen) atoms. The summed E-state index contributed by atoms with van der Waals surface area (Å²) in [6, 6.07) is 9.53. The zero-order chi connectivity index (χ0) is 39.6. The normalized spacial score (nSPS) is 38.4. The van der Waals surface area contributed by atoms with E-state index < -0.39 is 51.4 Å². The average molecular weight is 767 g/mol. The average Bonchev–Trinajstić information content (AvgIpc) is 3.86. The van der Waals surface area contributed by atoms with E-state index in [9.17, 15) is 19.9 Å². The van der Waals surface area contributed by atoms with E-state index in [1.165, 1.54) is 7.11 Å². The predicted molar refractivity (Wildman–Crippen MR) is 212 cm³/mol. The van der Waals surface area contributed by atoms with Gasteiger partial charge in [0.1, 0.15) is 17.2 Å². The summed E-state index contributed by atoms with van der Waals surface area (Å²) in [5, 5.41) is 29.4. The minimum absolute atomic E-state index is 0.0936. The van der Waals surface area contributed by atoms with E-state index in [4.69, 9.17) is 15.2 Å². The van der Waals surface area contributed by atoms with Gasteiger partial charge in [0.2, 0.25) is 0 Å². The Kier molecular flexibility index (Phi) is 8.39. The summed E-state index contributed by atoms with van der Waals surface area (Å²) < 4.78 is 12.2. The molecule has 0 radical (unpaired) electrons. The van der Waals surface area contributed by atoms with Crippen LogP contribution in [0, 0.1) is 16.2 Å². The molecule has 3 aromatic rings. The molecule has 3 unspecified atom stereocenters. The van der Waals surface area contributed by atoms with Crippen molar-refractivity contribution < 1.29 is 29.3 Å². The van der Waals surface area contributed by atoms with Gasteiger partial charge in [0.15, 0.2) is 5.60 Å². The molecule has 298 valence electrons. The van der Waals surface area contributed by atoms with Gasteiger partial charge in [-0.2, -0.15) is 4.91 Å². The van der Waals surface area contributed by atoms with E-state index in [1.54, 1.807) is 7.11 Å². The molecular weight excluding hydrogens is 713 g/mol. The number of fused-ring (bicyclic) bond motifs is 6. The lowest BCUT2D eigenvalue weighted by Gasteiger charge is -2.62. The van der Waals surface area contributed by atoms with E-state index in [0.29, 0.717) is 82.6 Å². The Hall–Kier alpha value is -4.30. The molecular formula is C43H54N6O7. The van der Waals surface area contributed by atoms with Crippen LogP contribution in [0.2, 0.25) is 0 Å². The van der Waals surface area contributed by atoms with Crippen molar-refractivity contribution in [3.8, 4) is 5.75 Å². The quantitative estimate of drug-likeness (QED) is 0.158. The molecule has 6 aliphatic rings. The topological polar surface area (TPSA) is 174 Å². The number of primary amides is 1. The van der Waals surface area contributed by atoms with Crippen LogP contribution < -0.4 is 15.4 Å². The van der Waals surface area contributed by atoms with E-state index in [2.05, 4.69) is 32.1 Å². The molecule has 1 aromatic heterocycles. The Bertz CT molecular complexity index is 2170. The third kappa shape index (κ3) is 4.51. The standard InChI is InChI=1S/C43H54N6O7/c1-6-39(52)21-25-22-42(38(51)56-5,33-27(13-17-48(23-25)24-39)26-11-8-9-12-30(26)45-33)29-19-28-31(20-32(29)55-4)47(3)36-41(28)15-18-49-16-10-14-40(7-2,35(41)49)34(46-54)43(36,53)37(44)50/h8-12,14,19-20,25,34-36,45,52-53H,6-7,13,15-18,21-24H2,1-5H3,(H2,44,50)/t25-,34+,35?,36?,39-,40-,41+,42-,43+/m0/s1. The number of nitroso groups, excluding NO2 is 1. The molecule has 5 N–H and O–H groups in total. The number of aliphatic hydroxyl groups is 2.